The quantitative estimate of drug-likeness (QED) is 0.273. The molecule has 0 fully saturated rings. The second kappa shape index (κ2) is 9.34. The Labute approximate surface area is 183 Å². The zero-order chi connectivity index (χ0) is 20.9. The van der Waals surface area contributed by atoms with Gasteiger partial charge in [-0.05, 0) is 42.0 Å². The molecule has 0 saturated heterocycles. The Morgan fingerprint density at radius 2 is 1.80 bits per heavy atom. The van der Waals surface area contributed by atoms with Crippen LogP contribution >= 0.6 is 23.4 Å². The number of nitrogens with zero attached hydrogens (tertiary/aromatic N) is 1. The lowest BCUT2D eigenvalue weighted by Gasteiger charge is -2.16. The lowest BCUT2D eigenvalue weighted by atomic mass is 10.1. The first-order chi connectivity index (χ1) is 14.6. The van der Waals surface area contributed by atoms with Gasteiger partial charge in [0.2, 0.25) is 5.89 Å². The van der Waals surface area contributed by atoms with Crippen molar-refractivity contribution in [2.24, 2.45) is 0 Å². The molecule has 1 unspecified atom stereocenters. The third-order valence-electron chi connectivity index (χ3n) is 4.59. The second-order valence-electron chi connectivity index (χ2n) is 6.61. The third kappa shape index (κ3) is 4.67. The molecule has 2 N–H and O–H groups in total. The Kier molecular flexibility index (Phi) is 6.38. The number of rotatable bonds is 8. The summed E-state index contributed by atoms with van der Waals surface area (Å²) in [6.07, 6.45) is 0. The molecule has 7 heteroatoms. The zero-order valence-electron chi connectivity index (χ0n) is 15.9. The van der Waals surface area contributed by atoms with Crippen molar-refractivity contribution in [1.82, 2.24) is 10.3 Å². The lowest BCUT2D eigenvalue weighted by molar-refractivity contribution is 0.0693. The Hall–Kier alpha value is -2.80. The van der Waals surface area contributed by atoms with Crippen LogP contribution in [-0.4, -0.2) is 28.4 Å². The van der Waals surface area contributed by atoms with Gasteiger partial charge in [0, 0.05) is 22.2 Å². The van der Waals surface area contributed by atoms with Gasteiger partial charge in [0.25, 0.3) is 0 Å². The van der Waals surface area contributed by atoms with E-state index in [1.54, 1.807) is 12.1 Å². The first kappa shape index (κ1) is 20.5. The zero-order valence-corrected chi connectivity index (χ0v) is 17.5. The van der Waals surface area contributed by atoms with Gasteiger partial charge < -0.3 is 14.8 Å². The van der Waals surface area contributed by atoms with E-state index in [1.807, 2.05) is 60.7 Å². The number of fused-ring (bicyclic) bond motifs is 1. The molecule has 0 aliphatic heterocycles. The van der Waals surface area contributed by atoms with Gasteiger partial charge >= 0.3 is 5.97 Å². The van der Waals surface area contributed by atoms with Gasteiger partial charge in [-0.25, -0.2) is 9.78 Å². The molecule has 0 saturated carbocycles. The van der Waals surface area contributed by atoms with Gasteiger partial charge in [-0.15, -0.1) is 11.8 Å². The van der Waals surface area contributed by atoms with Crippen LogP contribution < -0.4 is 5.32 Å². The highest BCUT2D eigenvalue weighted by Gasteiger charge is 2.20. The first-order valence-electron chi connectivity index (χ1n) is 9.41. The molecule has 4 aromatic rings. The number of para-hydroxylation sites is 2. The van der Waals surface area contributed by atoms with E-state index in [-0.39, 0.29) is 6.04 Å². The topological polar surface area (TPSA) is 75.4 Å². The fraction of sp³-hybridized carbons (Fsp3) is 0.130. The average molecular weight is 439 g/mol. The largest absolute Gasteiger partial charge is 0.478 e. The van der Waals surface area contributed by atoms with Gasteiger partial charge in [-0.2, -0.15) is 0 Å². The Morgan fingerprint density at radius 1 is 1.07 bits per heavy atom. The molecular formula is C23H19ClN2O3S. The highest BCUT2D eigenvalue weighted by Crippen LogP contribution is 2.27. The van der Waals surface area contributed by atoms with Crippen LogP contribution in [0.3, 0.4) is 0 Å². The summed E-state index contributed by atoms with van der Waals surface area (Å²) in [6.45, 7) is 0.630. The molecule has 0 radical (unpaired) electrons. The summed E-state index contributed by atoms with van der Waals surface area (Å²) in [6, 6.07) is 22.0. The summed E-state index contributed by atoms with van der Waals surface area (Å²) in [4.78, 5) is 16.8. The predicted octanol–water partition coefficient (Wildman–Crippen LogP) is 5.65. The molecule has 0 amide bonds. The number of hydrogen-bond donors (Lipinski definition) is 2. The van der Waals surface area contributed by atoms with Crippen molar-refractivity contribution in [2.75, 3.05) is 12.3 Å². The van der Waals surface area contributed by atoms with Crippen molar-refractivity contribution in [3.63, 3.8) is 0 Å². The highest BCUT2D eigenvalue weighted by molar-refractivity contribution is 7.99. The van der Waals surface area contributed by atoms with Crippen molar-refractivity contribution < 1.29 is 14.3 Å². The van der Waals surface area contributed by atoms with Crippen LogP contribution in [0.25, 0.3) is 11.1 Å². The Balaban J connectivity index is 1.51. The fourth-order valence-corrected chi connectivity index (χ4v) is 4.20. The summed E-state index contributed by atoms with van der Waals surface area (Å²) < 4.78 is 5.99. The van der Waals surface area contributed by atoms with Crippen molar-refractivity contribution in [3.05, 3.63) is 94.8 Å². The number of hydrogen-bond acceptors (Lipinski definition) is 5. The van der Waals surface area contributed by atoms with Crippen molar-refractivity contribution in [1.29, 1.82) is 0 Å². The number of oxazole rings is 1. The van der Waals surface area contributed by atoms with Gasteiger partial charge in [0.1, 0.15) is 11.6 Å². The number of aromatic carboxylic acids is 1. The minimum Gasteiger partial charge on any atom is -0.478 e. The van der Waals surface area contributed by atoms with Crippen LogP contribution in [-0.2, 0) is 0 Å². The van der Waals surface area contributed by atoms with Crippen molar-refractivity contribution >= 4 is 40.4 Å². The van der Waals surface area contributed by atoms with E-state index in [0.29, 0.717) is 28.8 Å². The lowest BCUT2D eigenvalue weighted by Crippen LogP contribution is -2.25. The molecule has 152 valence electrons. The SMILES string of the molecule is O=C(O)c1ccccc1SCCNC(c1ccc(Cl)cc1)c1nc2ccccc2o1. The second-order valence-corrected chi connectivity index (χ2v) is 8.18. The first-order valence-corrected chi connectivity index (χ1v) is 10.8. The van der Waals surface area contributed by atoms with Crippen LogP contribution in [0, 0.1) is 0 Å². The minimum atomic E-state index is -0.920. The number of nitrogens with one attached hydrogen (secondary N) is 1. The molecule has 1 heterocycles. The maximum atomic E-state index is 11.4. The number of aromatic nitrogens is 1. The van der Waals surface area contributed by atoms with E-state index in [2.05, 4.69) is 10.3 Å². The molecule has 4 rings (SSSR count). The number of thioether (sulfide) groups is 1. The molecule has 0 bridgehead atoms. The molecule has 0 aliphatic carbocycles. The summed E-state index contributed by atoms with van der Waals surface area (Å²) in [7, 11) is 0. The van der Waals surface area contributed by atoms with Crippen molar-refractivity contribution in [3.8, 4) is 0 Å². The minimum absolute atomic E-state index is 0.245. The van der Waals surface area contributed by atoms with Gasteiger partial charge in [-0.1, -0.05) is 48.0 Å². The summed E-state index contributed by atoms with van der Waals surface area (Å²) >= 11 is 7.55. The van der Waals surface area contributed by atoms with Gasteiger partial charge in [0.15, 0.2) is 5.58 Å². The van der Waals surface area contributed by atoms with Crippen LogP contribution in [0.4, 0.5) is 0 Å². The number of carboxylic acids is 1. The van der Waals surface area contributed by atoms with Crippen LogP contribution in [0.1, 0.15) is 27.9 Å². The summed E-state index contributed by atoms with van der Waals surface area (Å²) in [5.74, 6) is 0.347. The molecular weight excluding hydrogens is 420 g/mol. The standard InChI is InChI=1S/C23H19ClN2O3S/c24-16-11-9-15(10-12-16)21(22-26-18-6-2-3-7-19(18)29-22)25-13-14-30-20-8-4-1-5-17(20)23(27)28/h1-12,21,25H,13-14H2,(H,27,28). The smallest absolute Gasteiger partial charge is 0.336 e. The van der Waals surface area contributed by atoms with Crippen LogP contribution in [0.2, 0.25) is 5.02 Å². The fourth-order valence-electron chi connectivity index (χ4n) is 3.15. The Morgan fingerprint density at radius 3 is 2.57 bits per heavy atom. The van der Waals surface area contributed by atoms with Gasteiger partial charge in [-0.3, -0.25) is 0 Å². The predicted molar refractivity (Wildman–Crippen MR) is 119 cm³/mol. The molecule has 30 heavy (non-hydrogen) atoms. The maximum Gasteiger partial charge on any atom is 0.336 e. The molecule has 0 aliphatic rings. The molecule has 0 spiro atoms. The van der Waals surface area contributed by atoms with E-state index >= 15 is 0 Å². The van der Waals surface area contributed by atoms with Gasteiger partial charge in [0.05, 0.1) is 5.56 Å². The van der Waals surface area contributed by atoms with Crippen LogP contribution in [0.15, 0.2) is 82.1 Å². The summed E-state index contributed by atoms with van der Waals surface area (Å²) in [5.41, 5.74) is 2.84. The number of halogens is 1. The third-order valence-corrected chi connectivity index (χ3v) is 5.91. The number of carboxylic acid groups (broad SMARTS) is 1. The molecule has 3 aromatic carbocycles. The van der Waals surface area contributed by atoms with E-state index < -0.39 is 5.97 Å². The maximum absolute atomic E-state index is 11.4. The molecule has 1 aromatic heterocycles. The van der Waals surface area contributed by atoms with E-state index in [9.17, 15) is 9.90 Å². The van der Waals surface area contributed by atoms with E-state index in [1.165, 1.54) is 11.8 Å². The monoisotopic (exact) mass is 438 g/mol. The molecule has 5 nitrogen and oxygen atoms in total. The Bertz CT molecular complexity index is 1130. The number of carbonyl (C=O) groups is 1. The highest BCUT2D eigenvalue weighted by atomic mass is 35.5. The normalized spacial score (nSPS) is 12.2. The average Bonchev–Trinajstić information content (AvgIpc) is 3.18. The van der Waals surface area contributed by atoms with Crippen molar-refractivity contribution in [2.45, 2.75) is 10.9 Å². The van der Waals surface area contributed by atoms with Crippen LogP contribution in [0.5, 0.6) is 0 Å². The van der Waals surface area contributed by atoms with E-state index in [4.69, 9.17) is 16.0 Å². The molecule has 1 atom stereocenters. The number of benzene rings is 3. The summed E-state index contributed by atoms with van der Waals surface area (Å²) in [5, 5.41) is 13.5. The van der Waals surface area contributed by atoms with E-state index in [0.717, 1.165) is 21.6 Å².